The van der Waals surface area contributed by atoms with Crippen molar-refractivity contribution in [2.45, 2.75) is 44.0 Å². The first kappa shape index (κ1) is 17.9. The molecule has 1 amide bonds. The number of carbonyl (C=O) groups excluding carboxylic acids is 1. The van der Waals surface area contributed by atoms with Gasteiger partial charge in [0, 0.05) is 49.7 Å². The fraction of sp³-hybridized carbons (Fsp3) is 0.500. The van der Waals surface area contributed by atoms with Crippen molar-refractivity contribution in [1.82, 2.24) is 14.2 Å². The standard InChI is InChI=1S/C18H25N3O3S/c1-2-9-19-18(22)8-13-20-12-7-15-14-16(5-6-17(15)20)25(23,24)21-10-3-4-11-21/h5-7,12,14H,2-4,8-11,13H2,1H3,(H,19,22). The number of rotatable bonds is 7. The number of nitrogens with zero attached hydrogens (tertiary/aromatic N) is 2. The average molecular weight is 363 g/mol. The van der Waals surface area contributed by atoms with Crippen molar-refractivity contribution < 1.29 is 13.2 Å². The molecule has 1 aromatic carbocycles. The molecule has 0 aliphatic carbocycles. The van der Waals surface area contributed by atoms with Crippen molar-refractivity contribution in [3.8, 4) is 0 Å². The van der Waals surface area contributed by atoms with E-state index in [1.54, 1.807) is 16.4 Å². The van der Waals surface area contributed by atoms with Gasteiger partial charge in [0.05, 0.1) is 4.90 Å². The second kappa shape index (κ2) is 7.58. The predicted octanol–water partition coefficient (Wildman–Crippen LogP) is 2.34. The summed E-state index contributed by atoms with van der Waals surface area (Å²) in [5.41, 5.74) is 0.948. The number of hydrogen-bond donors (Lipinski definition) is 1. The first-order chi connectivity index (χ1) is 12.0. The Labute approximate surface area is 148 Å². The summed E-state index contributed by atoms with van der Waals surface area (Å²) in [6.07, 6.45) is 5.10. The van der Waals surface area contributed by atoms with Crippen molar-refractivity contribution in [2.24, 2.45) is 0 Å². The quantitative estimate of drug-likeness (QED) is 0.821. The second-order valence-corrected chi connectivity index (χ2v) is 8.38. The van der Waals surface area contributed by atoms with Crippen molar-refractivity contribution >= 4 is 26.8 Å². The Kier molecular flexibility index (Phi) is 5.44. The number of benzene rings is 1. The normalized spacial score (nSPS) is 15.7. The van der Waals surface area contributed by atoms with Gasteiger partial charge in [-0.1, -0.05) is 6.92 Å². The highest BCUT2D eigenvalue weighted by Crippen LogP contribution is 2.25. The Morgan fingerprint density at radius 2 is 1.96 bits per heavy atom. The highest BCUT2D eigenvalue weighted by molar-refractivity contribution is 7.89. The zero-order valence-electron chi connectivity index (χ0n) is 14.6. The molecule has 3 rings (SSSR count). The summed E-state index contributed by atoms with van der Waals surface area (Å²) < 4.78 is 28.9. The molecule has 0 saturated carbocycles. The molecule has 136 valence electrons. The number of hydrogen-bond acceptors (Lipinski definition) is 3. The van der Waals surface area contributed by atoms with Gasteiger partial charge >= 0.3 is 0 Å². The number of amides is 1. The fourth-order valence-electron chi connectivity index (χ4n) is 3.19. The zero-order chi connectivity index (χ0) is 17.9. The van der Waals surface area contributed by atoms with Crippen LogP contribution in [0.3, 0.4) is 0 Å². The number of sulfonamides is 1. The Balaban J connectivity index is 1.76. The van der Waals surface area contributed by atoms with Gasteiger partial charge in [-0.25, -0.2) is 8.42 Å². The smallest absolute Gasteiger partial charge is 0.243 e. The minimum absolute atomic E-state index is 0.0388. The molecule has 2 aromatic rings. The maximum atomic E-state index is 12.7. The Hall–Kier alpha value is -1.86. The van der Waals surface area contributed by atoms with E-state index < -0.39 is 10.0 Å². The van der Waals surface area contributed by atoms with Crippen LogP contribution in [-0.4, -0.2) is 42.8 Å². The Morgan fingerprint density at radius 3 is 2.68 bits per heavy atom. The molecular weight excluding hydrogens is 338 g/mol. The van der Waals surface area contributed by atoms with Crippen molar-refractivity contribution in [2.75, 3.05) is 19.6 Å². The lowest BCUT2D eigenvalue weighted by Gasteiger charge is -2.15. The molecule has 1 saturated heterocycles. The highest BCUT2D eigenvalue weighted by Gasteiger charge is 2.27. The fourth-order valence-corrected chi connectivity index (χ4v) is 4.74. The third-order valence-corrected chi connectivity index (χ3v) is 6.49. The third-order valence-electron chi connectivity index (χ3n) is 4.60. The van der Waals surface area contributed by atoms with Gasteiger partial charge in [0.2, 0.25) is 15.9 Å². The van der Waals surface area contributed by atoms with E-state index in [1.807, 2.05) is 29.8 Å². The van der Waals surface area contributed by atoms with E-state index in [2.05, 4.69) is 5.32 Å². The van der Waals surface area contributed by atoms with Crippen LogP contribution in [0.4, 0.5) is 0 Å². The molecule has 7 heteroatoms. The van der Waals surface area contributed by atoms with Gasteiger partial charge in [0.15, 0.2) is 0 Å². The van der Waals surface area contributed by atoms with E-state index in [-0.39, 0.29) is 5.91 Å². The van der Waals surface area contributed by atoms with Gasteiger partial charge in [-0.05, 0) is 43.5 Å². The average Bonchev–Trinajstić information content (AvgIpc) is 3.27. The lowest BCUT2D eigenvalue weighted by atomic mass is 10.2. The maximum Gasteiger partial charge on any atom is 0.243 e. The van der Waals surface area contributed by atoms with Gasteiger partial charge in [-0.2, -0.15) is 4.31 Å². The molecule has 6 nitrogen and oxygen atoms in total. The summed E-state index contributed by atoms with van der Waals surface area (Å²) in [5, 5.41) is 3.75. The molecule has 0 radical (unpaired) electrons. The largest absolute Gasteiger partial charge is 0.356 e. The molecule has 0 bridgehead atoms. The van der Waals surface area contributed by atoms with Crippen molar-refractivity contribution in [3.05, 3.63) is 30.5 Å². The third kappa shape index (κ3) is 3.88. The monoisotopic (exact) mass is 363 g/mol. The predicted molar refractivity (Wildman–Crippen MR) is 97.8 cm³/mol. The van der Waals surface area contributed by atoms with Crippen molar-refractivity contribution in [1.29, 1.82) is 0 Å². The highest BCUT2D eigenvalue weighted by atomic mass is 32.2. The van der Waals surface area contributed by atoms with E-state index >= 15 is 0 Å². The number of fused-ring (bicyclic) bond motifs is 1. The van der Waals surface area contributed by atoms with Crippen LogP contribution in [0.1, 0.15) is 32.6 Å². The van der Waals surface area contributed by atoms with E-state index in [0.29, 0.717) is 37.5 Å². The topological polar surface area (TPSA) is 71.4 Å². The number of carbonyl (C=O) groups is 1. The van der Waals surface area contributed by atoms with Gasteiger partial charge < -0.3 is 9.88 Å². The minimum atomic E-state index is -3.40. The second-order valence-electron chi connectivity index (χ2n) is 6.44. The number of aromatic nitrogens is 1. The van der Waals surface area contributed by atoms with Crippen LogP contribution >= 0.6 is 0 Å². The van der Waals surface area contributed by atoms with Gasteiger partial charge in [0.25, 0.3) is 0 Å². The van der Waals surface area contributed by atoms with E-state index in [0.717, 1.165) is 30.2 Å². The summed E-state index contributed by atoms with van der Waals surface area (Å²) in [4.78, 5) is 12.1. The van der Waals surface area contributed by atoms with Crippen LogP contribution < -0.4 is 5.32 Å². The molecule has 0 spiro atoms. The molecule has 1 fully saturated rings. The summed E-state index contributed by atoms with van der Waals surface area (Å²) >= 11 is 0. The van der Waals surface area contributed by atoms with Crippen LogP contribution in [-0.2, 0) is 21.4 Å². The summed E-state index contributed by atoms with van der Waals surface area (Å²) in [7, 11) is -3.40. The van der Waals surface area contributed by atoms with Crippen LogP contribution in [0.25, 0.3) is 10.9 Å². The molecule has 1 aliphatic heterocycles. The molecule has 2 heterocycles. The van der Waals surface area contributed by atoms with Crippen LogP contribution in [0.5, 0.6) is 0 Å². The molecule has 0 atom stereocenters. The molecular formula is C18H25N3O3S. The summed E-state index contributed by atoms with van der Waals surface area (Å²) in [6, 6.07) is 7.14. The van der Waals surface area contributed by atoms with Gasteiger partial charge in [0.1, 0.15) is 0 Å². The molecule has 0 unspecified atom stereocenters. The summed E-state index contributed by atoms with van der Waals surface area (Å²) in [5.74, 6) is 0.0388. The molecule has 25 heavy (non-hydrogen) atoms. The maximum absolute atomic E-state index is 12.7. The van der Waals surface area contributed by atoms with Gasteiger partial charge in [-0.15, -0.1) is 0 Å². The number of aryl methyl sites for hydroxylation is 1. The molecule has 1 N–H and O–H groups in total. The molecule has 1 aliphatic rings. The van der Waals surface area contributed by atoms with Gasteiger partial charge in [-0.3, -0.25) is 4.79 Å². The lowest BCUT2D eigenvalue weighted by molar-refractivity contribution is -0.121. The van der Waals surface area contributed by atoms with Crippen LogP contribution in [0.2, 0.25) is 0 Å². The first-order valence-electron chi connectivity index (χ1n) is 8.88. The SMILES string of the molecule is CCCNC(=O)CCn1ccc2cc(S(=O)(=O)N3CCCC3)ccc21. The van der Waals surface area contributed by atoms with Crippen LogP contribution in [0.15, 0.2) is 35.4 Å². The summed E-state index contributed by atoms with van der Waals surface area (Å²) in [6.45, 7) is 4.51. The zero-order valence-corrected chi connectivity index (χ0v) is 15.4. The number of nitrogens with one attached hydrogen (secondary N) is 1. The molecule has 1 aromatic heterocycles. The van der Waals surface area contributed by atoms with E-state index in [4.69, 9.17) is 0 Å². The van der Waals surface area contributed by atoms with E-state index in [9.17, 15) is 13.2 Å². The Morgan fingerprint density at radius 1 is 1.20 bits per heavy atom. The van der Waals surface area contributed by atoms with E-state index in [1.165, 1.54) is 0 Å². The minimum Gasteiger partial charge on any atom is -0.356 e. The first-order valence-corrected chi connectivity index (χ1v) is 10.3. The lowest BCUT2D eigenvalue weighted by Crippen LogP contribution is -2.27. The van der Waals surface area contributed by atoms with Crippen molar-refractivity contribution in [3.63, 3.8) is 0 Å². The Bertz CT molecular complexity index is 852. The van der Waals surface area contributed by atoms with Crippen LogP contribution in [0, 0.1) is 0 Å².